The minimum Gasteiger partial charge on any atom is -0.388 e. The topological polar surface area (TPSA) is 117 Å². The summed E-state index contributed by atoms with van der Waals surface area (Å²) in [5.74, 6) is -0.139. The molecule has 0 radical (unpaired) electrons. The fraction of sp³-hybridized carbons (Fsp3) is 0.362. The first-order valence-corrected chi connectivity index (χ1v) is 31.2. The van der Waals surface area contributed by atoms with Crippen LogP contribution in [0.2, 0.25) is 35.2 Å². The average molecular weight is 1290 g/mol. The van der Waals surface area contributed by atoms with E-state index in [-0.39, 0.29) is 24.2 Å². The molecule has 0 aliphatic carbocycles. The van der Waals surface area contributed by atoms with Crippen molar-refractivity contribution in [2.75, 3.05) is 27.3 Å². The van der Waals surface area contributed by atoms with E-state index in [0.29, 0.717) is 44.4 Å². The van der Waals surface area contributed by atoms with Gasteiger partial charge in [-0.25, -0.2) is 0 Å². The van der Waals surface area contributed by atoms with Crippen molar-refractivity contribution >= 4 is 93.0 Å². The molecule has 0 heterocycles. The van der Waals surface area contributed by atoms with Crippen LogP contribution in [0.1, 0.15) is 167 Å². The van der Waals surface area contributed by atoms with Crippen molar-refractivity contribution in [1.82, 2.24) is 10.6 Å². The van der Waals surface area contributed by atoms with Gasteiger partial charge in [0.1, 0.15) is 0 Å². The van der Waals surface area contributed by atoms with E-state index >= 15 is 0 Å². The van der Waals surface area contributed by atoms with Gasteiger partial charge in [-0.15, -0.1) is 0 Å². The number of aryl methyl sites for hydroxylation is 2. The van der Waals surface area contributed by atoms with Crippen LogP contribution in [0.4, 0.5) is 0 Å². The Hall–Kier alpha value is -4.65. The Morgan fingerprint density at radius 3 is 1.25 bits per heavy atom. The summed E-state index contributed by atoms with van der Waals surface area (Å²) in [6.45, 7) is 15.8. The summed E-state index contributed by atoms with van der Waals surface area (Å²) in [4.78, 5) is 22.3. The van der Waals surface area contributed by atoms with Gasteiger partial charge in [0, 0.05) is 79.2 Å². The Morgan fingerprint density at radius 1 is 0.488 bits per heavy atom. The van der Waals surface area contributed by atoms with E-state index in [0.717, 1.165) is 76.7 Å². The summed E-state index contributed by atoms with van der Waals surface area (Å²) < 4.78 is 10.7. The molecule has 4 N–H and O–H groups in total. The van der Waals surface area contributed by atoms with Gasteiger partial charge in [-0.2, -0.15) is 0 Å². The number of ether oxygens (including phenoxy) is 2. The number of carbonyl (C=O) groups is 2. The van der Waals surface area contributed by atoms with E-state index in [1.165, 1.54) is 36.8 Å². The first-order valence-electron chi connectivity index (χ1n) is 28.5. The molecule has 0 spiro atoms. The third-order valence-corrected chi connectivity index (χ3v) is 13.8. The smallest absolute Gasteiger partial charge is 0.251 e. The molecule has 0 aliphatic rings. The van der Waals surface area contributed by atoms with Crippen molar-refractivity contribution < 1.29 is 29.3 Å². The van der Waals surface area contributed by atoms with Gasteiger partial charge in [0.2, 0.25) is 0 Å². The van der Waals surface area contributed by atoms with Gasteiger partial charge in [0.15, 0.2) is 6.29 Å². The third kappa shape index (κ3) is 35.1. The molecule has 0 aliphatic heterocycles. The monoisotopic (exact) mass is 1280 g/mol. The molecule has 7 aromatic carbocycles. The van der Waals surface area contributed by atoms with Gasteiger partial charge < -0.3 is 30.3 Å². The molecule has 84 heavy (non-hydrogen) atoms. The Kier molecular flexibility index (Phi) is 42.9. The molecule has 8 nitrogen and oxygen atoms in total. The van der Waals surface area contributed by atoms with Crippen molar-refractivity contribution in [1.29, 1.82) is 0 Å². The summed E-state index contributed by atoms with van der Waals surface area (Å²) in [6.07, 6.45) is 10.9. The minimum atomic E-state index is -0.723. The number of methoxy groups -OCH3 is 1. The molecular weight excluding hydrogens is 1200 g/mol. The molecular formula is C69H87Cl7N2O6. The van der Waals surface area contributed by atoms with Crippen LogP contribution in [0.5, 0.6) is 0 Å². The van der Waals surface area contributed by atoms with Gasteiger partial charge in [-0.1, -0.05) is 209 Å². The number of hydrogen-bond acceptors (Lipinski definition) is 6. The van der Waals surface area contributed by atoms with Crippen LogP contribution < -0.4 is 10.6 Å². The maximum Gasteiger partial charge on any atom is 0.251 e. The number of amides is 2. The van der Waals surface area contributed by atoms with Crippen LogP contribution in [0.25, 0.3) is 0 Å². The number of benzene rings is 7. The fourth-order valence-electron chi connectivity index (χ4n) is 7.37. The Morgan fingerprint density at radius 2 is 0.881 bits per heavy atom. The van der Waals surface area contributed by atoms with Gasteiger partial charge in [-0.3, -0.25) is 9.59 Å². The average Bonchev–Trinajstić information content (AvgIpc) is 3.49. The molecule has 0 bridgehead atoms. The zero-order valence-electron chi connectivity index (χ0n) is 50.2. The lowest BCUT2D eigenvalue weighted by molar-refractivity contribution is -0.127. The van der Waals surface area contributed by atoms with Crippen LogP contribution in [0.3, 0.4) is 0 Å². The van der Waals surface area contributed by atoms with Gasteiger partial charge >= 0.3 is 0 Å². The molecule has 3 unspecified atom stereocenters. The maximum atomic E-state index is 11.4. The van der Waals surface area contributed by atoms with Crippen molar-refractivity contribution in [2.24, 2.45) is 0 Å². The molecule has 0 aromatic heterocycles. The van der Waals surface area contributed by atoms with Gasteiger partial charge in [0.05, 0.1) is 11.7 Å². The van der Waals surface area contributed by atoms with E-state index in [9.17, 15) is 19.8 Å². The largest absolute Gasteiger partial charge is 0.388 e. The van der Waals surface area contributed by atoms with Gasteiger partial charge in [0.25, 0.3) is 11.8 Å². The molecule has 15 heteroatoms. The van der Waals surface area contributed by atoms with Crippen molar-refractivity contribution in [3.8, 4) is 0 Å². The highest BCUT2D eigenvalue weighted by molar-refractivity contribution is 6.32. The zero-order chi connectivity index (χ0) is 62.7. The normalized spacial score (nSPS) is 11.5. The second-order valence-electron chi connectivity index (χ2n) is 19.3. The second kappa shape index (κ2) is 46.6. The maximum absolute atomic E-state index is 11.4. The second-order valence-corrected chi connectivity index (χ2v) is 22.4. The lowest BCUT2D eigenvalue weighted by Crippen LogP contribution is -2.23. The quantitative estimate of drug-likeness (QED) is 0.0565. The molecule has 0 fully saturated rings. The highest BCUT2D eigenvalue weighted by Crippen LogP contribution is 2.27. The van der Waals surface area contributed by atoms with Crippen LogP contribution in [-0.4, -0.2) is 49.3 Å². The van der Waals surface area contributed by atoms with E-state index in [1.807, 2.05) is 86.6 Å². The summed E-state index contributed by atoms with van der Waals surface area (Å²) in [6, 6.07) is 51.9. The molecule has 2 amide bonds. The fourth-order valence-corrected chi connectivity index (χ4v) is 8.25. The van der Waals surface area contributed by atoms with Crippen LogP contribution in [0.15, 0.2) is 170 Å². The number of halogens is 7. The Bertz CT molecular complexity index is 2770. The van der Waals surface area contributed by atoms with E-state index in [1.54, 1.807) is 87.0 Å². The van der Waals surface area contributed by atoms with Crippen molar-refractivity contribution in [3.05, 3.63) is 244 Å². The first kappa shape index (κ1) is 77.4. The van der Waals surface area contributed by atoms with Crippen LogP contribution in [0, 0.1) is 0 Å². The molecule has 7 aromatic rings. The number of aliphatic hydroxyl groups is 2. The lowest BCUT2D eigenvalue weighted by Gasteiger charge is -2.23. The van der Waals surface area contributed by atoms with E-state index in [2.05, 4.69) is 69.5 Å². The summed E-state index contributed by atoms with van der Waals surface area (Å²) in [5.41, 5.74) is 6.17. The van der Waals surface area contributed by atoms with Crippen LogP contribution in [-0.2, 0) is 27.9 Å². The number of rotatable bonds is 20. The third-order valence-electron chi connectivity index (χ3n) is 12.0. The predicted molar refractivity (Wildman–Crippen MR) is 359 cm³/mol. The molecule has 458 valence electrons. The van der Waals surface area contributed by atoms with E-state index in [4.69, 9.17) is 90.7 Å². The number of aliphatic hydroxyl groups excluding tert-OH is 1. The molecule has 0 saturated carbocycles. The lowest BCUT2D eigenvalue weighted by atomic mass is 9.92. The summed E-state index contributed by atoms with van der Waals surface area (Å²) >= 11 is 40.0. The molecule has 0 saturated heterocycles. The summed E-state index contributed by atoms with van der Waals surface area (Å²) in [7, 11) is 3.23. The number of hydrogen-bond donors (Lipinski definition) is 4. The Balaban J connectivity index is 0.000000491. The predicted octanol–water partition coefficient (Wildman–Crippen LogP) is 21.1. The molecule has 7 rings (SSSR count). The minimum absolute atomic E-state index is 0.0430. The number of unbranched alkanes of at least 4 members (excludes halogenated alkanes) is 1. The Labute approximate surface area is 537 Å². The SMILES string of the molecule is CCCC(C)(O)c1ccc(Cl)cc1.CCCC(O)c1ccc(Cl)cc1.CCCCc1ccc(Cl)cc1.CCCNC(=O)c1ccc(Cl)cc1.CCCOC(OC)c1ccc(Cl)cc1.CCCc1ccc(Cl)cc1.CNC(=O)c1ccc(Cl)cc1. The molecule has 3 atom stereocenters. The zero-order valence-corrected chi connectivity index (χ0v) is 55.5. The number of carbonyl (C=O) groups excluding carboxylic acids is 2. The van der Waals surface area contributed by atoms with Crippen molar-refractivity contribution in [3.63, 3.8) is 0 Å². The van der Waals surface area contributed by atoms with Crippen molar-refractivity contribution in [2.45, 2.75) is 137 Å². The number of nitrogens with one attached hydrogen (secondary N) is 2. The first-order chi connectivity index (χ1) is 40.2. The standard InChI is InChI=1S/C11H15ClO2.C11H15ClO.C10H12ClNO.C10H13ClO.C10H13Cl.C9H11Cl.C8H8ClNO/c1-3-8-14-11(13-2)9-4-6-10(12)7-5-9;1-3-8-11(2,13)9-4-6-10(12)7-5-9;1-2-7-12-10(13)8-3-5-9(11)6-4-8;1-2-3-10(12)8-4-6-9(11)7-5-8;1-2-3-4-9-5-7-10(11)8-6-9;1-2-3-8-4-6-9(10)7-5-8;1-10-8(11)6-2-4-7(9)5-3-6/h4-7,11H,3,8H2,1-2H3;4-7,13H,3,8H2,1-2H3;3-6H,2,7H2,1H3,(H,12,13);4-7,10,12H,2-3H2,1H3;5-8H,2-4H2,1H3;4-7H,2-3H2,1H3;2-5H,1H3,(H,10,11). The summed E-state index contributed by atoms with van der Waals surface area (Å²) in [5, 5.41) is 30.0. The van der Waals surface area contributed by atoms with Crippen LogP contribution >= 0.6 is 81.2 Å². The van der Waals surface area contributed by atoms with Gasteiger partial charge in [-0.05, 0) is 183 Å². The highest BCUT2D eigenvalue weighted by atomic mass is 35.5. The van der Waals surface area contributed by atoms with E-state index < -0.39 is 5.60 Å². The highest BCUT2D eigenvalue weighted by Gasteiger charge is 2.21.